The zero-order valence-corrected chi connectivity index (χ0v) is 15.4. The lowest BCUT2D eigenvalue weighted by Gasteiger charge is -2.65. The molecule has 0 radical (unpaired) electrons. The van der Waals surface area contributed by atoms with Crippen molar-refractivity contribution in [2.45, 2.75) is 24.9 Å². The minimum atomic E-state index is -0.595. The fraction of sp³-hybridized carbons (Fsp3) is 0.529. The van der Waals surface area contributed by atoms with Crippen molar-refractivity contribution in [3.8, 4) is 10.8 Å². The highest BCUT2D eigenvalue weighted by Crippen LogP contribution is 2.67. The second kappa shape index (κ2) is 6.11. The van der Waals surface area contributed by atoms with Crippen LogP contribution < -0.4 is 15.0 Å². The molecular weight excluding hydrogens is 370 g/mol. The van der Waals surface area contributed by atoms with Gasteiger partial charge in [0.05, 0.1) is 42.8 Å². The van der Waals surface area contributed by atoms with Crippen molar-refractivity contribution in [1.82, 2.24) is 15.0 Å². The smallest absolute Gasteiger partial charge is 0.232 e. The van der Waals surface area contributed by atoms with Crippen LogP contribution in [0.25, 0.3) is 0 Å². The average molecular weight is 389 g/mol. The number of ether oxygens (including phenoxy) is 2. The molecule has 4 fully saturated rings. The van der Waals surface area contributed by atoms with Crippen LogP contribution in [0.2, 0.25) is 0 Å². The second-order valence-corrected chi connectivity index (χ2v) is 8.39. The topological polar surface area (TPSA) is 110 Å². The van der Waals surface area contributed by atoms with Crippen LogP contribution in [0.15, 0.2) is 18.6 Å². The fourth-order valence-electron chi connectivity index (χ4n) is 3.97. The maximum absolute atomic E-state index is 12.3. The first-order valence-corrected chi connectivity index (χ1v) is 9.68. The summed E-state index contributed by atoms with van der Waals surface area (Å²) in [5.74, 6) is 1.09. The van der Waals surface area contributed by atoms with Crippen molar-refractivity contribution in [2.75, 3.05) is 36.5 Å². The Morgan fingerprint density at radius 2 is 1.89 bits per heavy atom. The lowest BCUT2D eigenvalue weighted by Crippen LogP contribution is -2.71. The van der Waals surface area contributed by atoms with Crippen LogP contribution in [0.4, 0.5) is 11.1 Å². The van der Waals surface area contributed by atoms with E-state index in [-0.39, 0.29) is 5.91 Å². The Balaban J connectivity index is 1.18. The molecule has 0 unspecified atom stereocenters. The van der Waals surface area contributed by atoms with Gasteiger partial charge in [-0.3, -0.25) is 4.79 Å². The van der Waals surface area contributed by atoms with E-state index in [0.717, 1.165) is 13.1 Å². The van der Waals surface area contributed by atoms with Crippen molar-refractivity contribution in [2.24, 2.45) is 5.41 Å². The summed E-state index contributed by atoms with van der Waals surface area (Å²) >= 11 is 1.25. The zero-order chi connectivity index (χ0) is 18.5. The van der Waals surface area contributed by atoms with E-state index in [4.69, 9.17) is 9.47 Å². The molecule has 2 N–H and O–H groups in total. The number of morpholine rings is 1. The molecule has 2 aromatic heterocycles. The van der Waals surface area contributed by atoms with Gasteiger partial charge in [0.1, 0.15) is 0 Å². The van der Waals surface area contributed by atoms with Crippen LogP contribution in [0.5, 0.6) is 10.8 Å². The molecule has 1 aliphatic heterocycles. The molecule has 1 amide bonds. The fourth-order valence-corrected chi connectivity index (χ4v) is 4.66. The van der Waals surface area contributed by atoms with Gasteiger partial charge in [-0.1, -0.05) is 11.3 Å². The molecule has 3 saturated carbocycles. The third kappa shape index (κ3) is 3.03. The minimum Gasteiger partial charge on any atom is -0.442 e. The number of hydrogen-bond acceptors (Lipinski definition) is 9. The van der Waals surface area contributed by atoms with E-state index in [9.17, 15) is 9.90 Å². The summed E-state index contributed by atoms with van der Waals surface area (Å²) in [5, 5.41) is 13.7. The van der Waals surface area contributed by atoms with Gasteiger partial charge in [-0.25, -0.2) is 15.0 Å². The third-order valence-electron chi connectivity index (χ3n) is 5.32. The SMILES string of the molecule is O=C(Nc1ncc(Oc2cnc(N3CCOCC3)nc2)s1)C12CC(O)(C1)C2. The van der Waals surface area contributed by atoms with Crippen LogP contribution in [0.1, 0.15) is 19.3 Å². The normalized spacial score (nSPS) is 28.9. The monoisotopic (exact) mass is 389 g/mol. The summed E-state index contributed by atoms with van der Waals surface area (Å²) in [4.78, 5) is 27.3. The number of aliphatic hydroxyl groups is 1. The molecule has 142 valence electrons. The molecule has 2 aromatic rings. The molecule has 6 rings (SSSR count). The molecular formula is C17H19N5O4S. The van der Waals surface area contributed by atoms with E-state index in [1.807, 2.05) is 0 Å². The first-order chi connectivity index (χ1) is 13.0. The molecule has 0 atom stereocenters. The first-order valence-electron chi connectivity index (χ1n) is 8.86. The third-order valence-corrected chi connectivity index (χ3v) is 6.11. The van der Waals surface area contributed by atoms with Crippen molar-refractivity contribution in [3.05, 3.63) is 18.6 Å². The predicted molar refractivity (Wildman–Crippen MR) is 97.1 cm³/mol. The van der Waals surface area contributed by atoms with Gasteiger partial charge in [0.25, 0.3) is 0 Å². The number of nitrogens with zero attached hydrogens (tertiary/aromatic N) is 4. The lowest BCUT2D eigenvalue weighted by molar-refractivity contribution is -0.247. The summed E-state index contributed by atoms with van der Waals surface area (Å²) < 4.78 is 11.1. The van der Waals surface area contributed by atoms with Gasteiger partial charge in [-0.2, -0.15) is 0 Å². The van der Waals surface area contributed by atoms with Crippen molar-refractivity contribution < 1.29 is 19.4 Å². The summed E-state index contributed by atoms with van der Waals surface area (Å²) in [6.45, 7) is 2.91. The Kier molecular flexibility index (Phi) is 3.81. The van der Waals surface area contributed by atoms with E-state index < -0.39 is 11.0 Å². The Labute approximate surface area is 159 Å². The van der Waals surface area contributed by atoms with Gasteiger partial charge in [-0.05, 0) is 19.3 Å². The quantitative estimate of drug-likeness (QED) is 0.790. The van der Waals surface area contributed by atoms with Crippen LogP contribution in [0, 0.1) is 5.41 Å². The van der Waals surface area contributed by atoms with Gasteiger partial charge in [0.15, 0.2) is 10.9 Å². The Hall–Kier alpha value is -2.30. The summed E-state index contributed by atoms with van der Waals surface area (Å²) in [5.41, 5.74) is -0.994. The molecule has 0 aromatic carbocycles. The second-order valence-electron chi connectivity index (χ2n) is 7.39. The lowest BCUT2D eigenvalue weighted by atomic mass is 9.41. The maximum Gasteiger partial charge on any atom is 0.232 e. The van der Waals surface area contributed by atoms with Crippen LogP contribution >= 0.6 is 11.3 Å². The highest BCUT2D eigenvalue weighted by molar-refractivity contribution is 7.17. The highest BCUT2D eigenvalue weighted by Gasteiger charge is 2.71. The number of aromatic nitrogens is 3. The van der Waals surface area contributed by atoms with E-state index in [1.165, 1.54) is 11.3 Å². The van der Waals surface area contributed by atoms with E-state index >= 15 is 0 Å². The van der Waals surface area contributed by atoms with E-state index in [0.29, 0.717) is 54.4 Å². The number of carbonyl (C=O) groups excluding carboxylic acids is 1. The summed E-state index contributed by atoms with van der Waals surface area (Å²) in [6.07, 6.45) is 6.45. The number of hydrogen-bond donors (Lipinski definition) is 2. The molecule has 3 heterocycles. The van der Waals surface area contributed by atoms with Gasteiger partial charge in [0, 0.05) is 13.1 Å². The molecule has 2 bridgehead atoms. The van der Waals surface area contributed by atoms with Crippen molar-refractivity contribution in [1.29, 1.82) is 0 Å². The van der Waals surface area contributed by atoms with E-state index in [2.05, 4.69) is 25.2 Å². The van der Waals surface area contributed by atoms with Gasteiger partial charge in [0.2, 0.25) is 16.9 Å². The number of thiazole rings is 1. The standard InChI is InChI=1S/C17H19N5O4S/c23-13(16-8-17(24,9-16)10-16)21-15-20-7-12(27-15)26-11-5-18-14(19-6-11)22-1-3-25-4-2-22/h5-7,24H,1-4,8-10H2,(H,20,21,23). The van der Waals surface area contributed by atoms with Crippen molar-refractivity contribution >= 4 is 28.3 Å². The number of anilines is 2. The molecule has 27 heavy (non-hydrogen) atoms. The number of carbonyl (C=O) groups is 1. The Morgan fingerprint density at radius 3 is 2.56 bits per heavy atom. The largest absolute Gasteiger partial charge is 0.442 e. The number of amides is 1. The highest BCUT2D eigenvalue weighted by atomic mass is 32.1. The molecule has 9 nitrogen and oxygen atoms in total. The zero-order valence-electron chi connectivity index (χ0n) is 14.6. The average Bonchev–Trinajstić information content (AvgIpc) is 3.06. The van der Waals surface area contributed by atoms with Crippen molar-refractivity contribution in [3.63, 3.8) is 0 Å². The maximum atomic E-state index is 12.3. The van der Waals surface area contributed by atoms with E-state index in [1.54, 1.807) is 18.6 Å². The van der Waals surface area contributed by atoms with Gasteiger partial charge >= 0.3 is 0 Å². The van der Waals surface area contributed by atoms with Gasteiger partial charge in [-0.15, -0.1) is 0 Å². The summed E-state index contributed by atoms with van der Waals surface area (Å²) in [7, 11) is 0. The summed E-state index contributed by atoms with van der Waals surface area (Å²) in [6, 6.07) is 0. The molecule has 3 aliphatic carbocycles. The van der Waals surface area contributed by atoms with Crippen LogP contribution in [-0.2, 0) is 9.53 Å². The van der Waals surface area contributed by atoms with Gasteiger partial charge < -0.3 is 24.8 Å². The molecule has 4 aliphatic rings. The number of nitrogens with one attached hydrogen (secondary N) is 1. The van der Waals surface area contributed by atoms with Crippen LogP contribution in [0.3, 0.4) is 0 Å². The molecule has 0 spiro atoms. The molecule has 1 saturated heterocycles. The predicted octanol–water partition coefficient (Wildman–Crippen LogP) is 1.42. The van der Waals surface area contributed by atoms with Crippen LogP contribution in [-0.4, -0.2) is 57.9 Å². The Bertz CT molecular complexity index is 845. The minimum absolute atomic E-state index is 0.0717. The first kappa shape index (κ1) is 16.8. The number of rotatable bonds is 5. The molecule has 10 heteroatoms. The Morgan fingerprint density at radius 1 is 1.19 bits per heavy atom.